The average molecular weight is 272 g/mol. The summed E-state index contributed by atoms with van der Waals surface area (Å²) in [6.07, 6.45) is 1.47. The predicted octanol–water partition coefficient (Wildman–Crippen LogP) is 1.67. The molecule has 1 aromatic carbocycles. The average Bonchev–Trinajstić information content (AvgIpc) is 2.67. The van der Waals surface area contributed by atoms with Crippen LogP contribution in [-0.4, -0.2) is 18.2 Å². The molecule has 1 aromatic heterocycles. The number of hydrogen-bond donors (Lipinski definition) is 0. The van der Waals surface area contributed by atoms with Crippen molar-refractivity contribution in [2.75, 3.05) is 0 Å². The molecule has 1 heterocycles. The van der Waals surface area contributed by atoms with Gasteiger partial charge in [-0.2, -0.15) is 5.10 Å². The van der Waals surface area contributed by atoms with Gasteiger partial charge in [0.2, 0.25) is 0 Å². The van der Waals surface area contributed by atoms with Crippen LogP contribution < -0.4 is 0 Å². The second kappa shape index (κ2) is 4.49. The largest absolute Gasteiger partial charge is 0.272 e. The highest BCUT2D eigenvalue weighted by atomic mass is 32.2. The van der Waals surface area contributed by atoms with Gasteiger partial charge in [0, 0.05) is 13.2 Å². The number of rotatable bonds is 3. The quantitative estimate of drug-likeness (QED) is 0.799. The maximum Gasteiger partial charge on any atom is 0.184 e. The molecule has 0 fully saturated rings. The van der Waals surface area contributed by atoms with E-state index in [1.54, 1.807) is 13.1 Å². The van der Waals surface area contributed by atoms with Gasteiger partial charge >= 0.3 is 0 Å². The standard InChI is InChI=1S/C11H10F2N2O2S/c1-15-8(4-5-14-15)7-18(16,17)9-2-3-10(12)11(13)6-9/h2-6H,7H2,1H3. The molecule has 2 aromatic rings. The Kier molecular flexibility index (Phi) is 3.16. The van der Waals surface area contributed by atoms with E-state index in [1.807, 2.05) is 0 Å². The molecule has 0 bridgehead atoms. The van der Waals surface area contributed by atoms with Crippen molar-refractivity contribution >= 4 is 9.84 Å². The maximum absolute atomic E-state index is 13.0. The summed E-state index contributed by atoms with van der Waals surface area (Å²) in [5.41, 5.74) is 0.472. The zero-order valence-electron chi connectivity index (χ0n) is 9.47. The van der Waals surface area contributed by atoms with Crippen LogP contribution in [0.3, 0.4) is 0 Å². The molecule has 0 atom stereocenters. The van der Waals surface area contributed by atoms with Crippen molar-refractivity contribution in [3.05, 3.63) is 47.8 Å². The first-order valence-electron chi connectivity index (χ1n) is 5.05. The highest BCUT2D eigenvalue weighted by molar-refractivity contribution is 7.90. The van der Waals surface area contributed by atoms with E-state index in [9.17, 15) is 17.2 Å². The van der Waals surface area contributed by atoms with Crippen LogP contribution in [0, 0.1) is 11.6 Å². The van der Waals surface area contributed by atoms with Gasteiger partial charge in [0.15, 0.2) is 21.5 Å². The Morgan fingerprint density at radius 2 is 1.94 bits per heavy atom. The van der Waals surface area contributed by atoms with Crippen LogP contribution in [0.2, 0.25) is 0 Å². The summed E-state index contributed by atoms with van der Waals surface area (Å²) in [5.74, 6) is -2.57. The SMILES string of the molecule is Cn1nccc1CS(=O)(=O)c1ccc(F)c(F)c1. The fourth-order valence-electron chi connectivity index (χ4n) is 1.49. The molecule has 7 heteroatoms. The number of benzene rings is 1. The Labute approximate surface area is 103 Å². The van der Waals surface area contributed by atoms with Crippen molar-refractivity contribution in [1.29, 1.82) is 0 Å². The van der Waals surface area contributed by atoms with Gasteiger partial charge in [-0.25, -0.2) is 17.2 Å². The molecule has 96 valence electrons. The summed E-state index contributed by atoms with van der Waals surface area (Å²) in [7, 11) is -2.11. The lowest BCUT2D eigenvalue weighted by Gasteiger charge is -2.05. The molecule has 0 aliphatic heterocycles. The second-order valence-corrected chi connectivity index (χ2v) is 5.77. The number of aryl methyl sites for hydroxylation is 1. The molecule has 0 aliphatic carbocycles. The fraction of sp³-hybridized carbons (Fsp3) is 0.182. The van der Waals surface area contributed by atoms with Crippen LogP contribution in [0.1, 0.15) is 5.69 Å². The van der Waals surface area contributed by atoms with E-state index in [2.05, 4.69) is 5.10 Å². The Morgan fingerprint density at radius 3 is 2.50 bits per heavy atom. The molecule has 18 heavy (non-hydrogen) atoms. The van der Waals surface area contributed by atoms with Gasteiger partial charge in [0.1, 0.15) is 0 Å². The van der Waals surface area contributed by atoms with Crippen molar-refractivity contribution in [3.63, 3.8) is 0 Å². The van der Waals surface area contributed by atoms with Gasteiger partial charge in [0.25, 0.3) is 0 Å². The Balaban J connectivity index is 2.37. The third kappa shape index (κ3) is 2.40. The van der Waals surface area contributed by atoms with E-state index in [0.717, 1.165) is 12.1 Å². The topological polar surface area (TPSA) is 52.0 Å². The van der Waals surface area contributed by atoms with Crippen molar-refractivity contribution in [3.8, 4) is 0 Å². The van der Waals surface area contributed by atoms with Crippen molar-refractivity contribution in [2.45, 2.75) is 10.6 Å². The molecule has 0 aliphatic rings. The Bertz CT molecular complexity index is 680. The number of nitrogens with zero attached hydrogens (tertiary/aromatic N) is 2. The summed E-state index contributed by atoms with van der Waals surface area (Å²) in [5, 5.41) is 3.84. The van der Waals surface area contributed by atoms with E-state index in [4.69, 9.17) is 0 Å². The predicted molar refractivity (Wildman–Crippen MR) is 60.5 cm³/mol. The van der Waals surface area contributed by atoms with Gasteiger partial charge in [-0.1, -0.05) is 0 Å². The van der Waals surface area contributed by atoms with E-state index < -0.39 is 21.5 Å². The minimum atomic E-state index is -3.71. The van der Waals surface area contributed by atoms with Crippen LogP contribution in [0.25, 0.3) is 0 Å². The number of halogens is 2. The normalized spacial score (nSPS) is 11.7. The van der Waals surface area contributed by atoms with Gasteiger partial charge in [-0.15, -0.1) is 0 Å². The minimum absolute atomic E-state index is 0.248. The summed E-state index contributed by atoms with van der Waals surface area (Å²) < 4.78 is 51.1. The monoisotopic (exact) mass is 272 g/mol. The van der Waals surface area contributed by atoms with Crippen molar-refractivity contribution in [2.24, 2.45) is 7.05 Å². The third-order valence-corrected chi connectivity index (χ3v) is 4.16. The van der Waals surface area contributed by atoms with Crippen molar-refractivity contribution < 1.29 is 17.2 Å². The molecule has 0 saturated heterocycles. The van der Waals surface area contributed by atoms with Gasteiger partial charge in [0.05, 0.1) is 16.3 Å². The minimum Gasteiger partial charge on any atom is -0.272 e. The number of sulfone groups is 1. The highest BCUT2D eigenvalue weighted by Crippen LogP contribution is 2.18. The zero-order chi connectivity index (χ0) is 13.3. The van der Waals surface area contributed by atoms with Crippen LogP contribution in [0.4, 0.5) is 8.78 Å². The van der Waals surface area contributed by atoms with E-state index in [0.29, 0.717) is 11.8 Å². The lowest BCUT2D eigenvalue weighted by Crippen LogP contribution is -2.09. The van der Waals surface area contributed by atoms with Gasteiger partial charge < -0.3 is 0 Å². The van der Waals surface area contributed by atoms with Crippen LogP contribution in [-0.2, 0) is 22.6 Å². The third-order valence-electron chi connectivity index (χ3n) is 2.51. The molecule has 0 radical (unpaired) electrons. The smallest absolute Gasteiger partial charge is 0.184 e. The second-order valence-electron chi connectivity index (χ2n) is 3.78. The number of hydrogen-bond acceptors (Lipinski definition) is 3. The first-order chi connectivity index (χ1) is 8.40. The molecular weight excluding hydrogens is 262 g/mol. The molecule has 0 spiro atoms. The summed E-state index contributed by atoms with van der Waals surface area (Å²) in [6, 6.07) is 4.08. The first kappa shape index (κ1) is 12.7. The molecule has 0 unspecified atom stereocenters. The van der Waals surface area contributed by atoms with Gasteiger partial charge in [-0.3, -0.25) is 4.68 Å². The van der Waals surface area contributed by atoms with Crippen LogP contribution >= 0.6 is 0 Å². The lowest BCUT2D eigenvalue weighted by molar-refractivity contribution is 0.504. The maximum atomic E-state index is 13.0. The summed E-state index contributed by atoms with van der Waals surface area (Å²) >= 11 is 0. The molecule has 0 saturated carbocycles. The Hall–Kier alpha value is -1.76. The van der Waals surface area contributed by atoms with E-state index in [-0.39, 0.29) is 10.6 Å². The zero-order valence-corrected chi connectivity index (χ0v) is 10.3. The molecule has 0 amide bonds. The van der Waals surface area contributed by atoms with E-state index in [1.165, 1.54) is 10.9 Å². The molecule has 2 rings (SSSR count). The molecular formula is C11H10F2N2O2S. The van der Waals surface area contributed by atoms with Crippen LogP contribution in [0.5, 0.6) is 0 Å². The summed E-state index contributed by atoms with van der Waals surface area (Å²) in [4.78, 5) is -0.248. The fourth-order valence-corrected chi connectivity index (χ4v) is 2.89. The lowest BCUT2D eigenvalue weighted by atomic mass is 10.3. The Morgan fingerprint density at radius 1 is 1.22 bits per heavy atom. The van der Waals surface area contributed by atoms with Crippen molar-refractivity contribution in [1.82, 2.24) is 9.78 Å². The van der Waals surface area contributed by atoms with E-state index >= 15 is 0 Å². The first-order valence-corrected chi connectivity index (χ1v) is 6.70. The highest BCUT2D eigenvalue weighted by Gasteiger charge is 2.19. The van der Waals surface area contributed by atoms with Gasteiger partial charge in [-0.05, 0) is 24.3 Å². The molecule has 4 nitrogen and oxygen atoms in total. The summed E-state index contributed by atoms with van der Waals surface area (Å²) in [6.45, 7) is 0. The van der Waals surface area contributed by atoms with Crippen LogP contribution in [0.15, 0.2) is 35.4 Å². The number of aromatic nitrogens is 2. The molecule has 0 N–H and O–H groups in total.